The minimum Gasteiger partial charge on any atom is -0.352 e. The lowest BCUT2D eigenvalue weighted by atomic mass is 9.44. The maximum absolute atomic E-state index is 12.6. The maximum Gasteiger partial charge on any atom is 0.234 e. The summed E-state index contributed by atoms with van der Waals surface area (Å²) in [6, 6.07) is 0.394. The van der Waals surface area contributed by atoms with E-state index in [1.807, 2.05) is 11.8 Å². The molecule has 0 unspecified atom stereocenters. The largest absolute Gasteiger partial charge is 0.352 e. The maximum atomic E-state index is 12.6. The number of amides is 1. The first-order valence-corrected chi connectivity index (χ1v) is 17.9. The van der Waals surface area contributed by atoms with E-state index >= 15 is 0 Å². The molecule has 4 saturated carbocycles. The van der Waals surface area contributed by atoms with Gasteiger partial charge in [0.1, 0.15) is 0 Å². The quantitative estimate of drug-likeness (QED) is 0.228. The molecule has 4 aliphatic rings. The van der Waals surface area contributed by atoms with Gasteiger partial charge in [0, 0.05) is 6.04 Å². The van der Waals surface area contributed by atoms with Crippen LogP contribution in [-0.2, 0) is 4.79 Å². The molecule has 0 aliphatic heterocycles. The van der Waals surface area contributed by atoms with Gasteiger partial charge in [0.2, 0.25) is 5.91 Å². The third kappa shape index (κ3) is 6.80. The van der Waals surface area contributed by atoms with E-state index in [4.69, 9.17) is 0 Å². The van der Waals surface area contributed by atoms with Gasteiger partial charge in [0.25, 0.3) is 0 Å². The summed E-state index contributed by atoms with van der Waals surface area (Å²) in [5.74, 6) is 8.94. The van der Waals surface area contributed by atoms with Gasteiger partial charge < -0.3 is 10.6 Å². The third-order valence-corrected chi connectivity index (χ3v) is 13.3. The zero-order valence-corrected chi connectivity index (χ0v) is 26.8. The summed E-state index contributed by atoms with van der Waals surface area (Å²) in [7, 11) is 0. The molecule has 0 heterocycles. The lowest BCUT2D eigenvalue weighted by Crippen LogP contribution is -2.56. The average molecular weight is 547 g/mol. The lowest BCUT2D eigenvalue weighted by molar-refractivity contribution is -0.127. The summed E-state index contributed by atoms with van der Waals surface area (Å²) < 4.78 is 0. The van der Waals surface area contributed by atoms with E-state index in [0.29, 0.717) is 23.4 Å². The molecule has 38 heavy (non-hydrogen) atoms. The van der Waals surface area contributed by atoms with E-state index in [9.17, 15) is 4.79 Å². The monoisotopic (exact) mass is 546 g/mol. The number of fused-ring (bicyclic) bond motifs is 5. The minimum absolute atomic E-state index is 0.211. The Morgan fingerprint density at radius 1 is 0.921 bits per heavy atom. The van der Waals surface area contributed by atoms with Gasteiger partial charge in [0.15, 0.2) is 0 Å². The van der Waals surface area contributed by atoms with Crippen molar-refractivity contribution in [3.8, 4) is 0 Å². The molecule has 4 heteroatoms. The molecule has 0 aromatic rings. The molecule has 0 aromatic carbocycles. The van der Waals surface area contributed by atoms with Crippen molar-refractivity contribution < 1.29 is 4.79 Å². The Morgan fingerprint density at radius 3 is 2.45 bits per heavy atom. The Bertz CT molecular complexity index is 757. The zero-order valence-electron chi connectivity index (χ0n) is 26.0. The molecule has 0 saturated heterocycles. The molecule has 4 fully saturated rings. The van der Waals surface area contributed by atoms with Crippen molar-refractivity contribution in [1.82, 2.24) is 10.6 Å². The molecule has 1 amide bonds. The predicted octanol–water partition coefficient (Wildman–Crippen LogP) is 8.33. The van der Waals surface area contributed by atoms with Gasteiger partial charge in [-0.15, -0.1) is 0 Å². The van der Waals surface area contributed by atoms with Crippen LogP contribution >= 0.6 is 11.8 Å². The van der Waals surface area contributed by atoms with E-state index in [0.717, 1.165) is 54.4 Å². The van der Waals surface area contributed by atoms with E-state index in [2.05, 4.69) is 52.2 Å². The molecule has 3 nitrogen and oxygen atoms in total. The van der Waals surface area contributed by atoms with Crippen LogP contribution < -0.4 is 10.6 Å². The first kappa shape index (κ1) is 30.7. The van der Waals surface area contributed by atoms with Crippen LogP contribution in [0.1, 0.15) is 125 Å². The van der Waals surface area contributed by atoms with Crippen LogP contribution in [0.25, 0.3) is 0 Å². The second kappa shape index (κ2) is 13.6. The van der Waals surface area contributed by atoms with Crippen molar-refractivity contribution >= 4 is 17.7 Å². The fourth-order valence-electron chi connectivity index (χ4n) is 10.3. The zero-order chi connectivity index (χ0) is 27.3. The van der Waals surface area contributed by atoms with Gasteiger partial charge in [-0.25, -0.2) is 0 Å². The minimum atomic E-state index is 0.211. The highest BCUT2D eigenvalue weighted by molar-refractivity contribution is 7.99. The number of carbonyl (C=O) groups is 1. The highest BCUT2D eigenvalue weighted by Gasteiger charge is 2.60. The molecule has 9 atom stereocenters. The van der Waals surface area contributed by atoms with Crippen LogP contribution in [0.5, 0.6) is 0 Å². The highest BCUT2D eigenvalue weighted by Crippen LogP contribution is 2.68. The van der Waals surface area contributed by atoms with E-state index in [1.54, 1.807) is 0 Å². The van der Waals surface area contributed by atoms with E-state index in [1.165, 1.54) is 88.6 Å². The Kier molecular flexibility index (Phi) is 11.0. The van der Waals surface area contributed by atoms with Gasteiger partial charge in [-0.05, 0) is 135 Å². The molecule has 2 N–H and O–H groups in total. The van der Waals surface area contributed by atoms with Gasteiger partial charge in [-0.3, -0.25) is 4.79 Å². The molecule has 0 bridgehead atoms. The van der Waals surface area contributed by atoms with Crippen LogP contribution in [0, 0.1) is 52.3 Å². The molecular formula is C34H62N2OS. The summed E-state index contributed by atoms with van der Waals surface area (Å²) >= 11 is 1.98. The van der Waals surface area contributed by atoms with Gasteiger partial charge in [-0.1, -0.05) is 60.8 Å². The summed E-state index contributed by atoms with van der Waals surface area (Å²) in [6.45, 7) is 16.4. The molecule has 4 rings (SSSR count). The van der Waals surface area contributed by atoms with Crippen molar-refractivity contribution in [2.75, 3.05) is 24.6 Å². The Hall–Kier alpha value is -0.220. The van der Waals surface area contributed by atoms with E-state index < -0.39 is 0 Å². The molecule has 0 spiro atoms. The van der Waals surface area contributed by atoms with Crippen LogP contribution in [0.2, 0.25) is 0 Å². The standard InChI is InChI=1S/C34H62N2OS/c1-7-38-21-9-20-35-23-32(37)36-27-16-18-33(5)26(22-27)12-13-28-30-15-14-29(25(4)11-8-10-24(2)3)34(30,6)19-17-31(28)33/h24-31,35H,7-23H2,1-6H3,(H,36,37)/t25-,26-,27-,28-,29+,30-,31-,33-,34+/m0/s1. The van der Waals surface area contributed by atoms with Crippen LogP contribution in [0.3, 0.4) is 0 Å². The summed E-state index contributed by atoms with van der Waals surface area (Å²) in [5.41, 5.74) is 1.09. The topological polar surface area (TPSA) is 41.1 Å². The molecule has 0 radical (unpaired) electrons. The van der Waals surface area contributed by atoms with Gasteiger partial charge in [0.05, 0.1) is 6.54 Å². The predicted molar refractivity (Wildman–Crippen MR) is 165 cm³/mol. The number of rotatable bonds is 13. The Balaban J connectivity index is 1.28. The highest BCUT2D eigenvalue weighted by atomic mass is 32.2. The fourth-order valence-corrected chi connectivity index (χ4v) is 11.0. The van der Waals surface area contributed by atoms with Crippen molar-refractivity contribution in [2.45, 2.75) is 131 Å². The Labute approximate surface area is 240 Å². The van der Waals surface area contributed by atoms with Crippen molar-refractivity contribution in [3.05, 3.63) is 0 Å². The molecule has 0 aromatic heterocycles. The second-order valence-corrected chi connectivity index (χ2v) is 16.3. The van der Waals surface area contributed by atoms with E-state index in [-0.39, 0.29) is 5.91 Å². The first-order chi connectivity index (χ1) is 18.2. The van der Waals surface area contributed by atoms with Gasteiger partial charge >= 0.3 is 0 Å². The van der Waals surface area contributed by atoms with Crippen molar-refractivity contribution in [1.29, 1.82) is 0 Å². The first-order valence-electron chi connectivity index (χ1n) is 16.8. The number of thioether (sulfide) groups is 1. The fraction of sp³-hybridized carbons (Fsp3) is 0.971. The second-order valence-electron chi connectivity index (χ2n) is 15.0. The smallest absolute Gasteiger partial charge is 0.234 e. The molecular weight excluding hydrogens is 484 g/mol. The summed E-state index contributed by atoms with van der Waals surface area (Å²) in [5, 5.41) is 6.78. The molecule has 4 aliphatic carbocycles. The number of hydrogen-bond acceptors (Lipinski definition) is 3. The summed E-state index contributed by atoms with van der Waals surface area (Å²) in [4.78, 5) is 12.6. The normalized spacial score (nSPS) is 39.3. The lowest BCUT2D eigenvalue weighted by Gasteiger charge is -2.61. The van der Waals surface area contributed by atoms with Crippen LogP contribution in [-0.4, -0.2) is 36.5 Å². The van der Waals surface area contributed by atoms with Crippen LogP contribution in [0.4, 0.5) is 0 Å². The number of nitrogens with one attached hydrogen (secondary N) is 2. The van der Waals surface area contributed by atoms with Crippen molar-refractivity contribution in [3.63, 3.8) is 0 Å². The van der Waals surface area contributed by atoms with Crippen LogP contribution in [0.15, 0.2) is 0 Å². The molecule has 220 valence electrons. The van der Waals surface area contributed by atoms with Crippen molar-refractivity contribution in [2.24, 2.45) is 52.3 Å². The average Bonchev–Trinajstić information content (AvgIpc) is 3.23. The van der Waals surface area contributed by atoms with Gasteiger partial charge in [-0.2, -0.15) is 11.8 Å². The Morgan fingerprint density at radius 2 is 1.68 bits per heavy atom. The third-order valence-electron chi connectivity index (χ3n) is 12.4. The number of carbonyl (C=O) groups excluding carboxylic acids is 1. The summed E-state index contributed by atoms with van der Waals surface area (Å²) in [6.07, 6.45) is 17.9. The SMILES string of the molecule is CCSCCCNCC(=O)N[C@H]1CC[C@@]2(C)[C@@H](CC[C@@H]3[C@@H]2CC[C@]2(C)[C@@H]([C@@H](C)CCCC(C)C)CC[C@@H]32)C1. The number of hydrogen-bond donors (Lipinski definition) is 2.